The van der Waals surface area contributed by atoms with Gasteiger partial charge in [-0.25, -0.2) is 0 Å². The Morgan fingerprint density at radius 2 is 1.05 bits per heavy atom. The highest BCUT2D eigenvalue weighted by molar-refractivity contribution is 5.47. The number of halogens is 9. The van der Waals surface area contributed by atoms with Crippen molar-refractivity contribution in [2.75, 3.05) is 0 Å². The van der Waals surface area contributed by atoms with Crippen LogP contribution in [0.3, 0.4) is 0 Å². The number of hydrogen-bond donors (Lipinski definition) is 0. The molecule has 1 aromatic rings. The second kappa shape index (κ2) is 4.85. The molecule has 0 aliphatic heterocycles. The zero-order chi connectivity index (χ0) is 15.9. The lowest BCUT2D eigenvalue weighted by Gasteiger charge is -2.20. The second-order valence-corrected chi connectivity index (χ2v) is 3.77. The van der Waals surface area contributed by atoms with Crippen LogP contribution >= 0.6 is 0 Å². The molecule has 1 rings (SSSR count). The molecule has 0 fully saturated rings. The molecule has 0 heterocycles. The minimum absolute atomic E-state index is 0.329. The molecular formula is C11H6F9. The van der Waals surface area contributed by atoms with Crippen molar-refractivity contribution in [3.8, 4) is 0 Å². The standard InChI is InChI=1S/C11H6F9/c1-2-6-7(10(15,16)17)3-5(9(12,13)14)4-8(6)11(18,19)20/h2-4H,1H3. The Balaban J connectivity index is 3.75. The summed E-state index contributed by atoms with van der Waals surface area (Å²) in [6.45, 7) is 0.882. The highest BCUT2D eigenvalue weighted by Gasteiger charge is 2.44. The van der Waals surface area contributed by atoms with Crippen molar-refractivity contribution in [2.45, 2.75) is 25.5 Å². The van der Waals surface area contributed by atoms with Crippen molar-refractivity contribution >= 4 is 0 Å². The maximum atomic E-state index is 12.6. The van der Waals surface area contributed by atoms with E-state index in [4.69, 9.17) is 0 Å². The van der Waals surface area contributed by atoms with E-state index in [0.717, 1.165) is 6.92 Å². The number of hydrogen-bond acceptors (Lipinski definition) is 0. The highest BCUT2D eigenvalue weighted by Crippen LogP contribution is 2.43. The molecule has 1 aromatic carbocycles. The summed E-state index contributed by atoms with van der Waals surface area (Å²) >= 11 is 0. The SMILES string of the molecule is C[CH]c1c(C(F)(F)F)cc(C(F)(F)F)cc1C(F)(F)F. The molecule has 0 atom stereocenters. The maximum Gasteiger partial charge on any atom is 0.416 e. The minimum Gasteiger partial charge on any atom is -0.166 e. The van der Waals surface area contributed by atoms with Gasteiger partial charge >= 0.3 is 18.5 Å². The van der Waals surface area contributed by atoms with Crippen LogP contribution in [0.15, 0.2) is 12.1 Å². The average molecular weight is 309 g/mol. The van der Waals surface area contributed by atoms with Gasteiger partial charge in [-0.2, -0.15) is 39.5 Å². The molecule has 20 heavy (non-hydrogen) atoms. The molecule has 0 nitrogen and oxygen atoms in total. The molecule has 0 saturated heterocycles. The molecule has 113 valence electrons. The van der Waals surface area contributed by atoms with E-state index in [0.29, 0.717) is 6.42 Å². The van der Waals surface area contributed by atoms with Crippen molar-refractivity contribution in [1.29, 1.82) is 0 Å². The zero-order valence-electron chi connectivity index (χ0n) is 9.63. The van der Waals surface area contributed by atoms with Gasteiger partial charge in [0.2, 0.25) is 0 Å². The average Bonchev–Trinajstić information content (AvgIpc) is 2.23. The highest BCUT2D eigenvalue weighted by atomic mass is 19.4. The lowest BCUT2D eigenvalue weighted by Crippen LogP contribution is -2.19. The summed E-state index contributed by atoms with van der Waals surface area (Å²) in [7, 11) is 0. The van der Waals surface area contributed by atoms with Gasteiger partial charge in [-0.15, -0.1) is 0 Å². The summed E-state index contributed by atoms with van der Waals surface area (Å²) in [6.07, 6.45) is -15.5. The third-order valence-corrected chi connectivity index (χ3v) is 2.41. The summed E-state index contributed by atoms with van der Waals surface area (Å²) in [5.41, 5.74) is -7.26. The Bertz CT molecular complexity index is 455. The largest absolute Gasteiger partial charge is 0.416 e. The van der Waals surface area contributed by atoms with Crippen LogP contribution in [0.25, 0.3) is 0 Å². The first-order chi connectivity index (χ1) is 8.78. The molecule has 0 unspecified atom stereocenters. The third-order valence-electron chi connectivity index (χ3n) is 2.41. The maximum absolute atomic E-state index is 12.6. The van der Waals surface area contributed by atoms with E-state index >= 15 is 0 Å². The first-order valence-corrected chi connectivity index (χ1v) is 4.97. The van der Waals surface area contributed by atoms with E-state index in [9.17, 15) is 39.5 Å². The Morgan fingerprint density at radius 3 is 1.25 bits per heavy atom. The molecule has 0 amide bonds. The first-order valence-electron chi connectivity index (χ1n) is 4.97. The Kier molecular flexibility index (Phi) is 4.04. The number of alkyl halides is 9. The molecule has 0 N–H and O–H groups in total. The second-order valence-electron chi connectivity index (χ2n) is 3.77. The van der Waals surface area contributed by atoms with E-state index in [1.165, 1.54) is 0 Å². The predicted molar refractivity (Wildman–Crippen MR) is 50.5 cm³/mol. The molecule has 0 spiro atoms. The topological polar surface area (TPSA) is 0 Å². The van der Waals surface area contributed by atoms with Gasteiger partial charge in [0, 0.05) is 0 Å². The lowest BCUT2D eigenvalue weighted by atomic mass is 9.94. The summed E-state index contributed by atoms with van der Waals surface area (Å²) in [4.78, 5) is 0. The van der Waals surface area contributed by atoms with E-state index in [-0.39, 0.29) is 12.1 Å². The Morgan fingerprint density at radius 1 is 0.700 bits per heavy atom. The Hall–Kier alpha value is -1.41. The molecule has 0 aliphatic carbocycles. The van der Waals surface area contributed by atoms with Crippen LogP contribution in [-0.2, 0) is 18.5 Å². The van der Waals surface area contributed by atoms with Gasteiger partial charge < -0.3 is 0 Å². The van der Waals surface area contributed by atoms with Crippen molar-refractivity contribution in [3.63, 3.8) is 0 Å². The molecule has 0 bridgehead atoms. The van der Waals surface area contributed by atoms with Gasteiger partial charge in [-0.05, 0) is 24.1 Å². The summed E-state index contributed by atoms with van der Waals surface area (Å²) in [5.74, 6) is 0. The van der Waals surface area contributed by atoms with Gasteiger partial charge in [0.1, 0.15) is 0 Å². The summed E-state index contributed by atoms with van der Waals surface area (Å²) in [5, 5.41) is 0. The van der Waals surface area contributed by atoms with Crippen LogP contribution < -0.4 is 0 Å². The molecule has 0 aromatic heterocycles. The van der Waals surface area contributed by atoms with Gasteiger partial charge in [-0.1, -0.05) is 6.92 Å². The van der Waals surface area contributed by atoms with Crippen LogP contribution in [0.2, 0.25) is 0 Å². The molecule has 9 heteroatoms. The van der Waals surface area contributed by atoms with Crippen LogP contribution in [0, 0.1) is 6.42 Å². The van der Waals surface area contributed by atoms with Gasteiger partial charge in [0.15, 0.2) is 0 Å². The zero-order valence-corrected chi connectivity index (χ0v) is 9.63. The smallest absolute Gasteiger partial charge is 0.166 e. The summed E-state index contributed by atoms with van der Waals surface area (Å²) < 4.78 is 113. The van der Waals surface area contributed by atoms with Crippen LogP contribution in [0.4, 0.5) is 39.5 Å². The first kappa shape index (κ1) is 16.6. The van der Waals surface area contributed by atoms with Crippen molar-refractivity contribution in [3.05, 3.63) is 40.8 Å². The van der Waals surface area contributed by atoms with Crippen molar-refractivity contribution in [2.24, 2.45) is 0 Å². The fraction of sp³-hybridized carbons (Fsp3) is 0.364. The minimum atomic E-state index is -5.33. The van der Waals surface area contributed by atoms with Crippen LogP contribution in [-0.4, -0.2) is 0 Å². The molecular weight excluding hydrogens is 303 g/mol. The lowest BCUT2D eigenvalue weighted by molar-refractivity contribution is -0.148. The quantitative estimate of drug-likeness (QED) is 0.616. The van der Waals surface area contributed by atoms with Crippen molar-refractivity contribution in [1.82, 2.24) is 0 Å². The van der Waals surface area contributed by atoms with Gasteiger partial charge in [0.25, 0.3) is 0 Å². The summed E-state index contributed by atoms with van der Waals surface area (Å²) in [6, 6.07) is -0.658. The molecule has 0 saturated carbocycles. The fourth-order valence-corrected chi connectivity index (χ4v) is 1.60. The van der Waals surface area contributed by atoms with Crippen molar-refractivity contribution < 1.29 is 39.5 Å². The van der Waals surface area contributed by atoms with Crippen LogP contribution in [0.1, 0.15) is 29.2 Å². The molecule has 0 aliphatic rings. The third kappa shape index (κ3) is 3.37. The van der Waals surface area contributed by atoms with E-state index in [2.05, 4.69) is 0 Å². The van der Waals surface area contributed by atoms with Gasteiger partial charge in [0.05, 0.1) is 16.7 Å². The predicted octanol–water partition coefficient (Wildman–Crippen LogP) is 5.32. The fourth-order valence-electron chi connectivity index (χ4n) is 1.60. The van der Waals surface area contributed by atoms with E-state index in [1.807, 2.05) is 0 Å². The normalized spacial score (nSPS) is 13.7. The van der Waals surface area contributed by atoms with Crippen LogP contribution in [0.5, 0.6) is 0 Å². The Labute approximate surface area is 107 Å². The number of benzene rings is 1. The molecule has 1 radical (unpaired) electrons. The van der Waals surface area contributed by atoms with Gasteiger partial charge in [-0.3, -0.25) is 0 Å². The monoisotopic (exact) mass is 309 g/mol. The van der Waals surface area contributed by atoms with E-state index in [1.54, 1.807) is 0 Å². The number of rotatable bonds is 1. The van der Waals surface area contributed by atoms with E-state index < -0.39 is 40.8 Å².